The quantitative estimate of drug-likeness (QED) is 0.633. The van der Waals surface area contributed by atoms with Crippen molar-refractivity contribution in [1.29, 1.82) is 5.26 Å². The normalized spacial score (nSPS) is 11.2. The van der Waals surface area contributed by atoms with Crippen molar-refractivity contribution >= 4 is 23.3 Å². The van der Waals surface area contributed by atoms with Crippen LogP contribution >= 0.6 is 0 Å². The molecule has 0 unspecified atom stereocenters. The van der Waals surface area contributed by atoms with Gasteiger partial charge in [0.05, 0.1) is 17.2 Å². The SMILES string of the molecule is Cc1cc(C=C(C#N)c2ccc(C(=O)O)cc2)c(C)n1-c1ccc(N(C)C)cc1. The largest absolute Gasteiger partial charge is 0.478 e. The number of nitrogens with zero attached hydrogens (tertiary/aromatic N) is 3. The summed E-state index contributed by atoms with van der Waals surface area (Å²) in [4.78, 5) is 13.1. The van der Waals surface area contributed by atoms with Crippen molar-refractivity contribution < 1.29 is 9.90 Å². The Kier molecular flexibility index (Phi) is 5.56. The molecule has 2 aromatic carbocycles. The van der Waals surface area contributed by atoms with E-state index in [1.54, 1.807) is 12.1 Å². The molecule has 29 heavy (non-hydrogen) atoms. The van der Waals surface area contributed by atoms with Gasteiger partial charge in [-0.25, -0.2) is 4.79 Å². The summed E-state index contributed by atoms with van der Waals surface area (Å²) in [6, 6.07) is 19.0. The number of aromatic nitrogens is 1. The summed E-state index contributed by atoms with van der Waals surface area (Å²) in [6.45, 7) is 4.07. The summed E-state index contributed by atoms with van der Waals surface area (Å²) >= 11 is 0. The summed E-state index contributed by atoms with van der Waals surface area (Å²) in [5.74, 6) is -0.983. The maximum Gasteiger partial charge on any atom is 0.335 e. The third kappa shape index (κ3) is 4.07. The molecule has 5 heteroatoms. The molecule has 0 bridgehead atoms. The first-order valence-electron chi connectivity index (χ1n) is 9.24. The van der Waals surface area contributed by atoms with E-state index in [1.165, 1.54) is 12.1 Å². The van der Waals surface area contributed by atoms with E-state index in [2.05, 4.69) is 45.9 Å². The molecule has 146 valence electrons. The van der Waals surface area contributed by atoms with Crippen LogP contribution in [0.1, 0.15) is 32.9 Å². The minimum absolute atomic E-state index is 0.199. The topological polar surface area (TPSA) is 69.3 Å². The average molecular weight is 385 g/mol. The van der Waals surface area contributed by atoms with Crippen LogP contribution in [0, 0.1) is 25.2 Å². The molecule has 0 amide bonds. The molecule has 0 radical (unpaired) electrons. The lowest BCUT2D eigenvalue weighted by Crippen LogP contribution is -2.08. The highest BCUT2D eigenvalue weighted by Gasteiger charge is 2.12. The highest BCUT2D eigenvalue weighted by atomic mass is 16.4. The fraction of sp³-hybridized carbons (Fsp3) is 0.167. The number of carboxylic acid groups (broad SMARTS) is 1. The van der Waals surface area contributed by atoms with Gasteiger partial charge in [0.1, 0.15) is 0 Å². The molecule has 0 spiro atoms. The Bertz CT molecular complexity index is 1110. The van der Waals surface area contributed by atoms with Gasteiger partial charge >= 0.3 is 5.97 Å². The molecule has 0 atom stereocenters. The number of allylic oxidation sites excluding steroid dienone is 1. The first kappa shape index (κ1) is 20.0. The van der Waals surface area contributed by atoms with Gasteiger partial charge in [-0.2, -0.15) is 5.26 Å². The molecule has 1 N–H and O–H groups in total. The molecule has 0 aliphatic heterocycles. The zero-order chi connectivity index (χ0) is 21.1. The number of rotatable bonds is 5. The van der Waals surface area contributed by atoms with E-state index >= 15 is 0 Å². The predicted octanol–water partition coefficient (Wildman–Crippen LogP) is 4.92. The van der Waals surface area contributed by atoms with Crippen LogP contribution in [-0.4, -0.2) is 29.7 Å². The molecule has 3 aromatic rings. The van der Waals surface area contributed by atoms with Crippen molar-refractivity contribution in [3.8, 4) is 11.8 Å². The van der Waals surface area contributed by atoms with Crippen LogP contribution < -0.4 is 4.90 Å². The molecule has 0 aliphatic carbocycles. The van der Waals surface area contributed by atoms with Crippen LogP contribution in [0.3, 0.4) is 0 Å². The van der Waals surface area contributed by atoms with Crippen LogP contribution in [0.2, 0.25) is 0 Å². The summed E-state index contributed by atoms with van der Waals surface area (Å²) in [5, 5.41) is 18.7. The minimum Gasteiger partial charge on any atom is -0.478 e. The van der Waals surface area contributed by atoms with Crippen molar-refractivity contribution in [3.05, 3.63) is 82.7 Å². The van der Waals surface area contributed by atoms with Gasteiger partial charge in [-0.1, -0.05) is 12.1 Å². The molecule has 0 saturated carbocycles. The van der Waals surface area contributed by atoms with Gasteiger partial charge in [0.15, 0.2) is 0 Å². The molecular weight excluding hydrogens is 362 g/mol. The van der Waals surface area contributed by atoms with Crippen molar-refractivity contribution in [2.45, 2.75) is 13.8 Å². The number of hydrogen-bond acceptors (Lipinski definition) is 3. The van der Waals surface area contributed by atoms with Crippen LogP contribution in [0.5, 0.6) is 0 Å². The van der Waals surface area contributed by atoms with Gasteiger partial charge in [0.25, 0.3) is 0 Å². The number of nitriles is 1. The van der Waals surface area contributed by atoms with E-state index in [1.807, 2.05) is 34.0 Å². The highest BCUT2D eigenvalue weighted by molar-refractivity contribution is 5.92. The number of benzene rings is 2. The molecule has 5 nitrogen and oxygen atoms in total. The lowest BCUT2D eigenvalue weighted by atomic mass is 10.0. The smallest absolute Gasteiger partial charge is 0.335 e. The van der Waals surface area contributed by atoms with Crippen LogP contribution in [0.4, 0.5) is 5.69 Å². The Morgan fingerprint density at radius 2 is 1.62 bits per heavy atom. The third-order valence-corrected chi connectivity index (χ3v) is 4.96. The zero-order valence-corrected chi connectivity index (χ0v) is 17.0. The highest BCUT2D eigenvalue weighted by Crippen LogP contribution is 2.26. The van der Waals surface area contributed by atoms with Gasteiger partial charge in [-0.05, 0) is 73.5 Å². The standard InChI is InChI=1S/C24H23N3O2/c1-16-13-20(14-21(15-25)18-5-7-19(8-6-18)24(28)29)17(2)27(16)23-11-9-22(10-12-23)26(3)4/h5-14H,1-4H3,(H,28,29). The average Bonchev–Trinajstić information content (AvgIpc) is 2.99. The van der Waals surface area contributed by atoms with E-state index in [9.17, 15) is 10.1 Å². The van der Waals surface area contributed by atoms with Crippen molar-refractivity contribution in [1.82, 2.24) is 4.57 Å². The Morgan fingerprint density at radius 1 is 1.03 bits per heavy atom. The number of carbonyl (C=O) groups is 1. The molecule has 0 aliphatic rings. The molecule has 3 rings (SSSR count). The second kappa shape index (κ2) is 8.07. The van der Waals surface area contributed by atoms with E-state index in [0.717, 1.165) is 28.3 Å². The van der Waals surface area contributed by atoms with Gasteiger partial charge < -0.3 is 14.6 Å². The fourth-order valence-corrected chi connectivity index (χ4v) is 3.36. The summed E-state index contributed by atoms with van der Waals surface area (Å²) in [7, 11) is 4.02. The van der Waals surface area contributed by atoms with Gasteiger partial charge in [-0.15, -0.1) is 0 Å². The molecule has 1 aromatic heterocycles. The Hall–Kier alpha value is -3.78. The number of anilines is 1. The van der Waals surface area contributed by atoms with Gasteiger partial charge in [-0.3, -0.25) is 0 Å². The van der Waals surface area contributed by atoms with Crippen molar-refractivity contribution in [2.75, 3.05) is 19.0 Å². The summed E-state index contributed by atoms with van der Waals surface area (Å²) in [6.07, 6.45) is 1.85. The summed E-state index contributed by atoms with van der Waals surface area (Å²) in [5.41, 5.74) is 6.65. The fourth-order valence-electron chi connectivity index (χ4n) is 3.36. The van der Waals surface area contributed by atoms with Crippen LogP contribution in [-0.2, 0) is 0 Å². The van der Waals surface area contributed by atoms with Crippen molar-refractivity contribution in [2.24, 2.45) is 0 Å². The molecule has 0 saturated heterocycles. The Morgan fingerprint density at radius 3 is 2.14 bits per heavy atom. The lowest BCUT2D eigenvalue weighted by Gasteiger charge is -2.15. The lowest BCUT2D eigenvalue weighted by molar-refractivity contribution is 0.0697. The Labute approximate surface area is 170 Å². The predicted molar refractivity (Wildman–Crippen MR) is 116 cm³/mol. The van der Waals surface area contributed by atoms with Gasteiger partial charge in [0, 0.05) is 36.9 Å². The second-order valence-electron chi connectivity index (χ2n) is 7.13. The number of aryl methyl sites for hydroxylation is 1. The maximum atomic E-state index is 11.0. The van der Waals surface area contributed by atoms with Crippen LogP contribution in [0.25, 0.3) is 17.3 Å². The van der Waals surface area contributed by atoms with E-state index < -0.39 is 5.97 Å². The zero-order valence-electron chi connectivity index (χ0n) is 17.0. The number of carboxylic acids is 1. The first-order valence-corrected chi connectivity index (χ1v) is 9.24. The maximum absolute atomic E-state index is 11.0. The van der Waals surface area contributed by atoms with Gasteiger partial charge in [0.2, 0.25) is 0 Å². The van der Waals surface area contributed by atoms with E-state index in [4.69, 9.17) is 5.11 Å². The monoisotopic (exact) mass is 385 g/mol. The molecule has 1 heterocycles. The second-order valence-corrected chi connectivity index (χ2v) is 7.13. The van der Waals surface area contributed by atoms with E-state index in [-0.39, 0.29) is 5.56 Å². The molecule has 0 fully saturated rings. The van der Waals surface area contributed by atoms with Crippen LogP contribution in [0.15, 0.2) is 54.6 Å². The minimum atomic E-state index is -0.983. The number of hydrogen-bond donors (Lipinski definition) is 1. The number of aromatic carboxylic acids is 1. The van der Waals surface area contributed by atoms with E-state index in [0.29, 0.717) is 11.1 Å². The third-order valence-electron chi connectivity index (χ3n) is 4.96. The summed E-state index contributed by atoms with van der Waals surface area (Å²) < 4.78 is 2.16. The molecular formula is C24H23N3O2. The Balaban J connectivity index is 2.00. The van der Waals surface area contributed by atoms with Crippen molar-refractivity contribution in [3.63, 3.8) is 0 Å². The first-order chi connectivity index (χ1) is 13.8.